The van der Waals surface area contributed by atoms with Crippen LogP contribution < -0.4 is 10.1 Å². The van der Waals surface area contributed by atoms with E-state index in [4.69, 9.17) is 4.74 Å². The lowest BCUT2D eigenvalue weighted by Crippen LogP contribution is -2.39. The molecule has 1 N–H and O–H groups in total. The summed E-state index contributed by atoms with van der Waals surface area (Å²) in [6, 6.07) is 9.49. The molecule has 0 saturated carbocycles. The van der Waals surface area contributed by atoms with Crippen LogP contribution in [0.2, 0.25) is 0 Å². The molecule has 1 aromatic rings. The van der Waals surface area contributed by atoms with Gasteiger partial charge < -0.3 is 10.1 Å². The molecule has 0 aromatic heterocycles. The van der Waals surface area contributed by atoms with E-state index in [2.05, 4.69) is 69.1 Å². The molecule has 1 atom stereocenters. The van der Waals surface area contributed by atoms with E-state index in [9.17, 15) is 0 Å². The summed E-state index contributed by atoms with van der Waals surface area (Å²) in [5.41, 5.74) is 1.33. The van der Waals surface area contributed by atoms with Gasteiger partial charge in [-0.3, -0.25) is 4.90 Å². The van der Waals surface area contributed by atoms with Crippen LogP contribution >= 0.6 is 0 Å². The number of benzene rings is 1. The fraction of sp³-hybridized carbons (Fsp3) is 0.667. The standard InChI is InChI=1S/C18H32N2O/c1-6-13-21-17-11-9-16(10-12-17)18(19-7-2)14-20(8-3)15(4)5/h9-12,15,18-19H,6-8,13-14H2,1-5H3. The average molecular weight is 292 g/mol. The minimum atomic E-state index is 0.373. The maximum absolute atomic E-state index is 5.66. The Morgan fingerprint density at radius 2 is 1.76 bits per heavy atom. The summed E-state index contributed by atoms with van der Waals surface area (Å²) >= 11 is 0. The van der Waals surface area contributed by atoms with Crippen molar-refractivity contribution in [3.63, 3.8) is 0 Å². The Kier molecular flexibility index (Phi) is 8.40. The molecule has 0 radical (unpaired) electrons. The van der Waals surface area contributed by atoms with Crippen LogP contribution in [0.5, 0.6) is 5.75 Å². The highest BCUT2D eigenvalue weighted by Gasteiger charge is 2.16. The Morgan fingerprint density at radius 1 is 1.10 bits per heavy atom. The molecule has 120 valence electrons. The molecule has 0 spiro atoms. The van der Waals surface area contributed by atoms with Crippen LogP contribution in [0, 0.1) is 0 Å². The molecule has 0 heterocycles. The zero-order chi connectivity index (χ0) is 15.7. The van der Waals surface area contributed by atoms with Gasteiger partial charge in [-0.15, -0.1) is 0 Å². The molecule has 0 aliphatic heterocycles. The van der Waals surface area contributed by atoms with Crippen molar-refractivity contribution < 1.29 is 4.74 Å². The molecule has 1 unspecified atom stereocenters. The molecule has 0 fully saturated rings. The van der Waals surface area contributed by atoms with Crippen molar-refractivity contribution in [2.24, 2.45) is 0 Å². The molecule has 0 bridgehead atoms. The minimum Gasteiger partial charge on any atom is -0.494 e. The molecule has 1 aromatic carbocycles. The van der Waals surface area contributed by atoms with Gasteiger partial charge in [-0.05, 0) is 51.1 Å². The maximum Gasteiger partial charge on any atom is 0.119 e. The smallest absolute Gasteiger partial charge is 0.119 e. The van der Waals surface area contributed by atoms with E-state index in [1.54, 1.807) is 0 Å². The van der Waals surface area contributed by atoms with Gasteiger partial charge in [0.15, 0.2) is 0 Å². The Bertz CT molecular complexity index is 375. The molecule has 0 aliphatic rings. The zero-order valence-electron chi connectivity index (χ0n) is 14.4. The summed E-state index contributed by atoms with van der Waals surface area (Å²) in [5, 5.41) is 3.60. The molecular weight excluding hydrogens is 260 g/mol. The Labute approximate surface area is 130 Å². The monoisotopic (exact) mass is 292 g/mol. The van der Waals surface area contributed by atoms with E-state index in [1.807, 2.05) is 0 Å². The van der Waals surface area contributed by atoms with E-state index in [1.165, 1.54) is 5.56 Å². The largest absolute Gasteiger partial charge is 0.494 e. The highest BCUT2D eigenvalue weighted by Crippen LogP contribution is 2.20. The van der Waals surface area contributed by atoms with Gasteiger partial charge in [0.05, 0.1) is 6.61 Å². The quantitative estimate of drug-likeness (QED) is 0.709. The summed E-state index contributed by atoms with van der Waals surface area (Å²) in [4.78, 5) is 2.49. The molecule has 0 aliphatic carbocycles. The van der Waals surface area contributed by atoms with E-state index in [0.717, 1.165) is 38.4 Å². The molecule has 3 heteroatoms. The topological polar surface area (TPSA) is 24.5 Å². The summed E-state index contributed by atoms with van der Waals surface area (Å²) in [7, 11) is 0. The van der Waals surface area contributed by atoms with Crippen molar-refractivity contribution in [1.29, 1.82) is 0 Å². The fourth-order valence-corrected chi connectivity index (χ4v) is 2.49. The van der Waals surface area contributed by atoms with Gasteiger partial charge in [-0.2, -0.15) is 0 Å². The first-order valence-electron chi connectivity index (χ1n) is 8.32. The van der Waals surface area contributed by atoms with Crippen molar-refractivity contribution in [3.8, 4) is 5.75 Å². The average Bonchev–Trinajstić information content (AvgIpc) is 2.49. The van der Waals surface area contributed by atoms with Crippen molar-refractivity contribution in [3.05, 3.63) is 29.8 Å². The van der Waals surface area contributed by atoms with Gasteiger partial charge in [-0.1, -0.05) is 32.9 Å². The lowest BCUT2D eigenvalue weighted by molar-refractivity contribution is 0.208. The van der Waals surface area contributed by atoms with Gasteiger partial charge in [0.1, 0.15) is 5.75 Å². The number of nitrogens with zero attached hydrogens (tertiary/aromatic N) is 1. The molecule has 0 saturated heterocycles. The van der Waals surface area contributed by atoms with Gasteiger partial charge in [0, 0.05) is 18.6 Å². The number of rotatable bonds is 10. The van der Waals surface area contributed by atoms with Crippen LogP contribution in [0.25, 0.3) is 0 Å². The lowest BCUT2D eigenvalue weighted by Gasteiger charge is -2.30. The van der Waals surface area contributed by atoms with E-state index < -0.39 is 0 Å². The van der Waals surface area contributed by atoms with Crippen molar-refractivity contribution in [2.45, 2.75) is 53.1 Å². The first-order valence-corrected chi connectivity index (χ1v) is 8.32. The predicted molar refractivity (Wildman–Crippen MR) is 91.0 cm³/mol. The number of nitrogens with one attached hydrogen (secondary N) is 1. The first kappa shape index (κ1) is 18.0. The Hall–Kier alpha value is -1.06. The third kappa shape index (κ3) is 6.06. The second-order valence-electron chi connectivity index (χ2n) is 5.71. The second-order valence-corrected chi connectivity index (χ2v) is 5.71. The van der Waals surface area contributed by atoms with Crippen LogP contribution in [-0.4, -0.2) is 37.2 Å². The van der Waals surface area contributed by atoms with Crippen molar-refractivity contribution >= 4 is 0 Å². The van der Waals surface area contributed by atoms with Crippen LogP contribution in [-0.2, 0) is 0 Å². The van der Waals surface area contributed by atoms with Crippen molar-refractivity contribution in [2.75, 3.05) is 26.2 Å². The summed E-state index contributed by atoms with van der Waals surface area (Å²) in [6.07, 6.45) is 1.04. The van der Waals surface area contributed by atoms with Gasteiger partial charge in [0.2, 0.25) is 0 Å². The van der Waals surface area contributed by atoms with Crippen molar-refractivity contribution in [1.82, 2.24) is 10.2 Å². The summed E-state index contributed by atoms with van der Waals surface area (Å²) in [5.74, 6) is 0.965. The summed E-state index contributed by atoms with van der Waals surface area (Å²) < 4.78 is 5.66. The first-order chi connectivity index (χ1) is 10.1. The van der Waals surface area contributed by atoms with E-state index in [-0.39, 0.29) is 0 Å². The molecular formula is C18H32N2O. The number of hydrogen-bond donors (Lipinski definition) is 1. The Balaban J connectivity index is 2.75. The normalized spacial score (nSPS) is 12.9. The molecule has 21 heavy (non-hydrogen) atoms. The Morgan fingerprint density at radius 3 is 2.24 bits per heavy atom. The number of hydrogen-bond acceptors (Lipinski definition) is 3. The SMILES string of the molecule is CCCOc1ccc(C(CN(CC)C(C)C)NCC)cc1. The van der Waals surface area contributed by atoms with E-state index >= 15 is 0 Å². The highest BCUT2D eigenvalue weighted by atomic mass is 16.5. The minimum absolute atomic E-state index is 0.373. The van der Waals surface area contributed by atoms with E-state index in [0.29, 0.717) is 12.1 Å². The third-order valence-electron chi connectivity index (χ3n) is 3.76. The number of likely N-dealkylation sites (N-methyl/N-ethyl adjacent to an activating group) is 2. The lowest BCUT2D eigenvalue weighted by atomic mass is 10.1. The van der Waals surface area contributed by atoms with Crippen LogP contribution in [0.4, 0.5) is 0 Å². The molecule has 0 amide bonds. The number of ether oxygens (including phenoxy) is 1. The third-order valence-corrected chi connectivity index (χ3v) is 3.76. The maximum atomic E-state index is 5.66. The van der Waals surface area contributed by atoms with Gasteiger partial charge in [-0.25, -0.2) is 0 Å². The second kappa shape index (κ2) is 9.80. The zero-order valence-corrected chi connectivity index (χ0v) is 14.4. The molecule has 1 rings (SSSR count). The molecule has 3 nitrogen and oxygen atoms in total. The van der Waals surface area contributed by atoms with Crippen LogP contribution in [0.1, 0.15) is 52.6 Å². The summed E-state index contributed by atoms with van der Waals surface area (Å²) in [6.45, 7) is 14.9. The highest BCUT2D eigenvalue weighted by molar-refractivity contribution is 5.29. The van der Waals surface area contributed by atoms with Gasteiger partial charge in [0.25, 0.3) is 0 Å². The van der Waals surface area contributed by atoms with Gasteiger partial charge >= 0.3 is 0 Å². The predicted octanol–water partition coefficient (Wildman–Crippen LogP) is 3.86. The fourth-order valence-electron chi connectivity index (χ4n) is 2.49. The van der Waals surface area contributed by atoms with Crippen LogP contribution in [0.3, 0.4) is 0 Å². The van der Waals surface area contributed by atoms with Crippen LogP contribution in [0.15, 0.2) is 24.3 Å².